The van der Waals surface area contributed by atoms with Crippen molar-refractivity contribution >= 4 is 28.7 Å². The summed E-state index contributed by atoms with van der Waals surface area (Å²) in [7, 11) is 2.12. The fourth-order valence-corrected chi connectivity index (χ4v) is 4.57. The predicted octanol–water partition coefficient (Wildman–Crippen LogP) is 2.02. The van der Waals surface area contributed by atoms with Crippen LogP contribution in [0.2, 0.25) is 0 Å². The molecule has 0 unspecified atom stereocenters. The summed E-state index contributed by atoms with van der Waals surface area (Å²) in [5.41, 5.74) is 20.4. The highest BCUT2D eigenvalue weighted by molar-refractivity contribution is 5.94. The van der Waals surface area contributed by atoms with E-state index in [1.807, 2.05) is 66.7 Å². The molecule has 0 bridgehead atoms. The van der Waals surface area contributed by atoms with Gasteiger partial charge in [0.25, 0.3) is 0 Å². The van der Waals surface area contributed by atoms with Crippen LogP contribution in [0.3, 0.4) is 0 Å². The van der Waals surface area contributed by atoms with E-state index in [9.17, 15) is 9.59 Å². The normalized spacial score (nSPS) is 13.5. The monoisotopic (exact) mass is 517 g/mol. The lowest BCUT2D eigenvalue weighted by molar-refractivity contribution is -0.907. The quantitative estimate of drug-likeness (QED) is 0.228. The molecule has 1 aromatic heterocycles. The molecule has 0 fully saturated rings. The molecule has 8 nitrogen and oxygen atoms in total. The van der Waals surface area contributed by atoms with Crippen molar-refractivity contribution in [3.63, 3.8) is 0 Å². The van der Waals surface area contributed by atoms with Gasteiger partial charge in [-0.25, -0.2) is 0 Å². The minimum atomic E-state index is -0.809. The second kappa shape index (κ2) is 14.5. The van der Waals surface area contributed by atoms with Crippen LogP contribution in [0.4, 0.5) is 0 Å². The van der Waals surface area contributed by atoms with E-state index in [0.717, 1.165) is 52.6 Å². The van der Waals surface area contributed by atoms with E-state index < -0.39 is 12.1 Å². The number of Topliss-reactive ketones (excluding diaryl/α,β-unsaturated/α-hetero) is 1. The Hall–Kier alpha value is -3.43. The Bertz CT molecular complexity index is 1210. The third-order valence-corrected chi connectivity index (χ3v) is 6.84. The zero-order valence-electron chi connectivity index (χ0n) is 22.3. The van der Waals surface area contributed by atoms with E-state index in [1.54, 1.807) is 12.3 Å². The molecule has 0 aliphatic rings. The van der Waals surface area contributed by atoms with E-state index in [1.165, 1.54) is 0 Å². The van der Waals surface area contributed by atoms with Crippen molar-refractivity contribution in [2.45, 2.75) is 31.3 Å². The van der Waals surface area contributed by atoms with Gasteiger partial charge in [0.15, 0.2) is 5.78 Å². The Morgan fingerprint density at radius 3 is 2.39 bits per heavy atom. The number of nitrogens with two attached hydrogens (primary N) is 3. The molecular weight excluding hydrogens is 476 g/mol. The summed E-state index contributed by atoms with van der Waals surface area (Å²) in [4.78, 5) is 30.8. The smallest absolute Gasteiger partial charge is 0.237 e. The highest BCUT2D eigenvalue weighted by Crippen LogP contribution is 2.14. The largest absolute Gasteiger partial charge is 0.341 e. The number of fused-ring (bicyclic) bond motifs is 1. The van der Waals surface area contributed by atoms with Gasteiger partial charge in [-0.05, 0) is 36.1 Å². The highest BCUT2D eigenvalue weighted by Gasteiger charge is 2.24. The summed E-state index contributed by atoms with van der Waals surface area (Å²) >= 11 is 0. The Morgan fingerprint density at radius 2 is 1.68 bits per heavy atom. The first-order valence-electron chi connectivity index (χ1n) is 13.2. The lowest BCUT2D eigenvalue weighted by Gasteiger charge is -2.34. The molecule has 0 saturated heterocycles. The van der Waals surface area contributed by atoms with E-state index in [4.69, 9.17) is 17.2 Å². The average Bonchev–Trinajstić information content (AvgIpc) is 2.91. The summed E-state index contributed by atoms with van der Waals surface area (Å²) in [6.07, 6.45) is 6.69. The van der Waals surface area contributed by atoms with Gasteiger partial charge in [-0.2, -0.15) is 0 Å². The number of hydrogen-bond donors (Lipinski definition) is 4. The van der Waals surface area contributed by atoms with Crippen LogP contribution in [0.5, 0.6) is 0 Å². The molecule has 2 aromatic carbocycles. The van der Waals surface area contributed by atoms with Crippen molar-refractivity contribution in [2.75, 3.05) is 39.8 Å². The van der Waals surface area contributed by atoms with Gasteiger partial charge in [-0.15, -0.1) is 0 Å². The summed E-state index contributed by atoms with van der Waals surface area (Å²) in [6.45, 7) is 3.63. The van der Waals surface area contributed by atoms with Crippen LogP contribution in [-0.2, 0) is 16.0 Å². The molecule has 2 atom stereocenters. The fraction of sp³-hybridized carbons (Fsp3) is 0.367. The first kappa shape index (κ1) is 29.1. The summed E-state index contributed by atoms with van der Waals surface area (Å²) in [5, 5.41) is 3.84. The minimum absolute atomic E-state index is 0.134. The first-order chi connectivity index (χ1) is 18.3. The molecular formula is C30H41N6O2+. The van der Waals surface area contributed by atoms with E-state index in [-0.39, 0.29) is 18.1 Å². The van der Waals surface area contributed by atoms with Crippen molar-refractivity contribution in [3.8, 4) is 0 Å². The second-order valence-electron chi connectivity index (χ2n) is 10.1. The SMILES string of the molecule is C[N+](CCN)(CCN)CCC[C@H](N)C(=O)N[C@H](/C=C/c1ccccc1)C(=O)Cc1cnc2ccccc2c1. The number of pyridine rings is 1. The number of quaternary nitrogens is 1. The second-order valence-corrected chi connectivity index (χ2v) is 10.1. The van der Waals surface area contributed by atoms with E-state index >= 15 is 0 Å². The zero-order valence-corrected chi connectivity index (χ0v) is 22.3. The lowest BCUT2D eigenvalue weighted by Crippen LogP contribution is -2.51. The number of likely N-dealkylation sites (N-methyl/N-ethyl adjacent to an activating group) is 1. The Balaban J connectivity index is 1.67. The van der Waals surface area contributed by atoms with Gasteiger partial charge in [-0.1, -0.05) is 60.7 Å². The number of hydrogen-bond acceptors (Lipinski definition) is 6. The Morgan fingerprint density at radius 1 is 1.00 bits per heavy atom. The molecule has 3 aromatic rings. The van der Waals surface area contributed by atoms with Crippen molar-refractivity contribution in [2.24, 2.45) is 17.2 Å². The van der Waals surface area contributed by atoms with Crippen molar-refractivity contribution in [1.29, 1.82) is 0 Å². The topological polar surface area (TPSA) is 137 Å². The molecule has 202 valence electrons. The summed E-state index contributed by atoms with van der Waals surface area (Å²) in [6, 6.07) is 17.9. The van der Waals surface area contributed by atoms with Crippen molar-refractivity contribution in [1.82, 2.24) is 10.3 Å². The van der Waals surface area contributed by atoms with E-state index in [0.29, 0.717) is 19.5 Å². The number of benzene rings is 2. The number of nitrogens with one attached hydrogen (secondary N) is 1. The Labute approximate surface area is 225 Å². The molecule has 1 heterocycles. The molecule has 0 aliphatic carbocycles. The van der Waals surface area contributed by atoms with Crippen LogP contribution in [0.25, 0.3) is 17.0 Å². The molecule has 7 N–H and O–H groups in total. The molecule has 38 heavy (non-hydrogen) atoms. The van der Waals surface area contributed by atoms with Crippen molar-refractivity contribution in [3.05, 3.63) is 84.1 Å². The summed E-state index contributed by atoms with van der Waals surface area (Å²) in [5.74, 6) is -0.477. The van der Waals surface area contributed by atoms with E-state index in [2.05, 4.69) is 17.3 Å². The fourth-order valence-electron chi connectivity index (χ4n) is 4.57. The number of aromatic nitrogens is 1. The number of para-hydroxylation sites is 1. The molecule has 3 rings (SSSR count). The first-order valence-corrected chi connectivity index (χ1v) is 13.2. The third kappa shape index (κ3) is 8.85. The highest BCUT2D eigenvalue weighted by atomic mass is 16.2. The number of amides is 1. The molecule has 0 aliphatic heterocycles. The van der Waals surface area contributed by atoms with Crippen molar-refractivity contribution < 1.29 is 14.1 Å². The summed E-state index contributed by atoms with van der Waals surface area (Å²) < 4.78 is 0.752. The lowest BCUT2D eigenvalue weighted by atomic mass is 10.0. The predicted molar refractivity (Wildman–Crippen MR) is 154 cm³/mol. The average molecular weight is 518 g/mol. The molecule has 1 amide bonds. The zero-order chi connectivity index (χ0) is 27.4. The van der Waals surface area contributed by atoms with Gasteiger partial charge >= 0.3 is 0 Å². The van der Waals surface area contributed by atoms with Gasteiger partial charge in [0.05, 0.1) is 38.2 Å². The third-order valence-electron chi connectivity index (χ3n) is 6.84. The number of carbonyl (C=O) groups excluding carboxylic acids is 2. The van der Waals surface area contributed by atoms with Gasteiger partial charge in [0, 0.05) is 31.1 Å². The minimum Gasteiger partial charge on any atom is -0.341 e. The van der Waals surface area contributed by atoms with Gasteiger partial charge in [0.2, 0.25) is 5.91 Å². The maximum atomic E-state index is 13.4. The van der Waals surface area contributed by atoms with Gasteiger partial charge in [0.1, 0.15) is 6.04 Å². The maximum absolute atomic E-state index is 13.4. The Kier molecular flexibility index (Phi) is 11.1. The number of rotatable bonds is 15. The van der Waals surface area contributed by atoms with Crippen LogP contribution >= 0.6 is 0 Å². The number of nitrogens with zero attached hydrogens (tertiary/aromatic N) is 2. The number of ketones is 1. The van der Waals surface area contributed by atoms with Crippen LogP contribution in [0.1, 0.15) is 24.0 Å². The van der Waals surface area contributed by atoms with Gasteiger partial charge < -0.3 is 27.0 Å². The molecule has 0 spiro atoms. The standard InChI is InChI=1S/C30H40N6O2/c1-36(18-15-31,19-16-32)17-7-11-26(33)30(38)35-28(14-13-23-8-3-2-4-9-23)29(37)21-24-20-25-10-5-6-12-27(25)34-22-24/h2-6,8-10,12-14,20,22,26,28H,7,11,15-19,21,31-33H2,1H3/p+1/b14-13+/t26-,28+/m0/s1. The molecule has 0 radical (unpaired) electrons. The molecule has 0 saturated carbocycles. The molecule has 8 heteroatoms. The maximum Gasteiger partial charge on any atom is 0.237 e. The van der Waals surface area contributed by atoms with Crippen LogP contribution in [-0.4, -0.2) is 73.0 Å². The van der Waals surface area contributed by atoms with Crippen LogP contribution in [0.15, 0.2) is 72.9 Å². The van der Waals surface area contributed by atoms with Crippen LogP contribution < -0.4 is 22.5 Å². The number of carbonyl (C=O) groups is 2. The van der Waals surface area contributed by atoms with Gasteiger partial charge in [-0.3, -0.25) is 14.6 Å². The van der Waals surface area contributed by atoms with Crippen LogP contribution in [0, 0.1) is 0 Å².